The van der Waals surface area contributed by atoms with Gasteiger partial charge in [-0.05, 0) is 61.2 Å². The second kappa shape index (κ2) is 18.2. The van der Waals surface area contributed by atoms with Gasteiger partial charge in [-0.2, -0.15) is 0 Å². The first-order valence-corrected chi connectivity index (χ1v) is 26.0. The summed E-state index contributed by atoms with van der Waals surface area (Å²) in [4.78, 5) is 0. The summed E-state index contributed by atoms with van der Waals surface area (Å²) in [6.45, 7) is 0. The Balaban J connectivity index is 0.00000195. The summed E-state index contributed by atoms with van der Waals surface area (Å²) in [7, 11) is -24.4. The minimum absolute atomic E-state index is 0. The molecule has 2 radical (unpaired) electrons. The molecule has 27 heteroatoms. The zero-order chi connectivity index (χ0) is 39.7. The van der Waals surface area contributed by atoms with Gasteiger partial charge >= 0.3 is 63.7 Å². The van der Waals surface area contributed by atoms with Crippen LogP contribution in [0, 0.1) is 47.3 Å². The third-order valence-electron chi connectivity index (χ3n) is 15.2. The van der Waals surface area contributed by atoms with E-state index in [0.29, 0.717) is 11.8 Å². The first-order valence-electron chi connectivity index (χ1n) is 20.1. The van der Waals surface area contributed by atoms with Crippen LogP contribution in [0.4, 0.5) is 0 Å². The maximum absolute atomic E-state index is 13.3. The zero-order valence-electron chi connectivity index (χ0n) is 32.1. The van der Waals surface area contributed by atoms with Crippen LogP contribution in [-0.4, -0.2) is 122 Å². The van der Waals surface area contributed by atoms with Gasteiger partial charge in [-0.3, -0.25) is 26.6 Å². The van der Waals surface area contributed by atoms with Gasteiger partial charge in [0.25, 0.3) is 0 Å². The van der Waals surface area contributed by atoms with Crippen molar-refractivity contribution in [1.29, 1.82) is 0 Å². The van der Waals surface area contributed by atoms with Crippen LogP contribution in [0.2, 0.25) is 0 Å². The molecule has 9 aliphatic rings. The van der Waals surface area contributed by atoms with Gasteiger partial charge in [0.05, 0.1) is 78.2 Å². The van der Waals surface area contributed by atoms with Gasteiger partial charge in [-0.25, -0.2) is 33.7 Å². The van der Waals surface area contributed by atoms with Crippen LogP contribution in [0.25, 0.3) is 5.32 Å². The molecule has 5 saturated heterocycles. The first kappa shape index (κ1) is 49.8. The molecule has 338 valence electrons. The molecule has 9 rings (SSSR count). The molecule has 20 atom stereocenters. The van der Waals surface area contributed by atoms with E-state index >= 15 is 0 Å². The zero-order valence-corrected chi connectivity index (χ0v) is 39.3. The van der Waals surface area contributed by atoms with Gasteiger partial charge in [0.1, 0.15) is 20.2 Å². The summed E-state index contributed by atoms with van der Waals surface area (Å²) in [6.07, 6.45) is 6.06. The van der Waals surface area contributed by atoms with Crippen molar-refractivity contribution in [2.45, 2.75) is 147 Å². The Bertz CT molecular complexity index is 1860. The number of rotatable bonds is 4. The predicted molar refractivity (Wildman–Crippen MR) is 193 cm³/mol. The van der Waals surface area contributed by atoms with Gasteiger partial charge in [0.2, 0.25) is 0 Å². The Morgan fingerprint density at radius 1 is 0.356 bits per heavy atom. The second-order valence-electron chi connectivity index (χ2n) is 17.9. The molecule has 0 spiro atoms. The van der Waals surface area contributed by atoms with Crippen molar-refractivity contribution < 1.29 is 116 Å². The van der Waals surface area contributed by atoms with E-state index in [1.54, 1.807) is 0 Å². The fourth-order valence-electron chi connectivity index (χ4n) is 13.2. The largest absolute Gasteiger partial charge is 2.00 e. The van der Waals surface area contributed by atoms with Gasteiger partial charge in [0, 0.05) is 11.8 Å². The molecule has 20 unspecified atom stereocenters. The minimum Gasteiger partial charge on any atom is -0.748 e. The van der Waals surface area contributed by atoms with Crippen molar-refractivity contribution in [2.24, 2.45) is 47.3 Å². The fraction of sp³-hybridized carbons (Fsp3) is 1.00. The summed E-state index contributed by atoms with van der Waals surface area (Å²) >= 11 is 0. The SMILES string of the molecule is O=S(=O)([O-])C1C2C3NC4NC(NC5[N-]C(NC6NC(NC(N3)C2C(S(=O)(=O)[O-])C(S(=O)(=O)[O-])C1S(=O)(=O)[O-])C1CCCCC61)C1CCCCC51)C1CCCCC41.[Cu+2].[Cu+2].[Na+]. The quantitative estimate of drug-likeness (QED) is 0.102. The van der Waals surface area contributed by atoms with Crippen molar-refractivity contribution in [3.63, 3.8) is 0 Å². The van der Waals surface area contributed by atoms with Crippen molar-refractivity contribution in [2.75, 3.05) is 0 Å². The van der Waals surface area contributed by atoms with E-state index < -0.39 is 98.0 Å². The first-order chi connectivity index (χ1) is 26.3. The molecular formula is C32H51Cu2N8NaO12S4. The van der Waals surface area contributed by atoms with Crippen molar-refractivity contribution in [3.8, 4) is 0 Å². The minimum atomic E-state index is -6.23. The number of nitrogens with one attached hydrogen (secondary N) is 7. The van der Waals surface area contributed by atoms with Crippen LogP contribution in [0.15, 0.2) is 0 Å². The Kier molecular flexibility index (Phi) is 15.4. The van der Waals surface area contributed by atoms with Crippen LogP contribution in [0.1, 0.15) is 77.0 Å². The molecule has 20 nitrogen and oxygen atoms in total. The van der Waals surface area contributed by atoms with Crippen LogP contribution in [0.3, 0.4) is 0 Å². The molecule has 0 aromatic heterocycles. The van der Waals surface area contributed by atoms with E-state index in [1.165, 1.54) is 0 Å². The molecule has 0 aromatic rings. The standard InChI is InChI=1S/C32H55N8O12S4.2Cu.Na/c41-53(42,43)21-19-20(22(54(44,45)46)24(56(50,51)52)23(21)55(47,48)49)32-39-30-18-12-6-4-10-16(18)28(37-30)35-26-14-8-2-1-7-13(14)25(33-26)34-27-15-9-3-5-11-17(15)29(36-27)38-31(19)40-32;;;/h13-32,34-40H,1-12H2,(H,41,42,43)(H,44,45,46)(H,47,48,49)(H,50,51,52);;;/q-1;2*+2;+1/p-4. The maximum atomic E-state index is 13.3. The van der Waals surface area contributed by atoms with E-state index in [9.17, 15) is 51.9 Å². The maximum Gasteiger partial charge on any atom is 2.00 e. The monoisotopic (exact) mass is 1020 g/mol. The smallest absolute Gasteiger partial charge is 0.748 e. The van der Waals surface area contributed by atoms with Gasteiger partial charge in [0.15, 0.2) is 0 Å². The molecule has 5 heterocycles. The van der Waals surface area contributed by atoms with Crippen LogP contribution < -0.4 is 66.8 Å². The summed E-state index contributed by atoms with van der Waals surface area (Å²) < 4.78 is 157. The number of fused-ring (bicyclic) bond motifs is 20. The Morgan fingerprint density at radius 2 is 0.593 bits per heavy atom. The molecule has 5 aliphatic heterocycles. The molecule has 7 N–H and O–H groups in total. The van der Waals surface area contributed by atoms with Crippen LogP contribution in [-0.2, 0) is 74.6 Å². The third-order valence-corrected chi connectivity index (χ3v) is 20.8. The molecule has 0 amide bonds. The average molecular weight is 1020 g/mol. The molecular weight excluding hydrogens is 967 g/mol. The number of hydrogen-bond donors (Lipinski definition) is 7. The van der Waals surface area contributed by atoms with Crippen molar-refractivity contribution in [3.05, 3.63) is 5.32 Å². The Morgan fingerprint density at radius 3 is 0.881 bits per heavy atom. The van der Waals surface area contributed by atoms with Gasteiger partial charge in [-0.1, -0.05) is 63.7 Å². The summed E-state index contributed by atoms with van der Waals surface area (Å²) in [5, 5.41) is 17.5. The Hall–Kier alpha value is 1.36. The fourth-order valence-corrected chi connectivity index (χ4v) is 20.3. The Labute approximate surface area is 390 Å². The molecule has 9 fully saturated rings. The van der Waals surface area contributed by atoms with Crippen LogP contribution >= 0.6 is 0 Å². The van der Waals surface area contributed by atoms with Crippen molar-refractivity contribution >= 4 is 40.5 Å². The van der Waals surface area contributed by atoms with Gasteiger partial charge in [-0.15, -0.1) is 0 Å². The third kappa shape index (κ3) is 9.12. The average Bonchev–Trinajstić information content (AvgIpc) is 3.84. The van der Waals surface area contributed by atoms with E-state index in [-0.39, 0.29) is 112 Å². The van der Waals surface area contributed by atoms with E-state index in [4.69, 9.17) is 5.32 Å². The molecule has 8 bridgehead atoms. The van der Waals surface area contributed by atoms with E-state index in [2.05, 4.69) is 37.2 Å². The predicted octanol–water partition coefficient (Wildman–Crippen LogP) is -5.52. The van der Waals surface area contributed by atoms with Crippen molar-refractivity contribution in [1.82, 2.24) is 37.2 Å². The number of nitrogens with zero attached hydrogens (tertiary/aromatic N) is 1. The summed E-state index contributed by atoms with van der Waals surface area (Å²) in [5.41, 5.74) is 0. The second-order valence-corrected chi connectivity index (χ2v) is 24.0. The van der Waals surface area contributed by atoms with Crippen LogP contribution in [0.5, 0.6) is 0 Å². The number of hydrogen-bond acceptors (Lipinski definition) is 19. The summed E-state index contributed by atoms with van der Waals surface area (Å²) in [5.74, 6) is -3.33. The van der Waals surface area contributed by atoms with Gasteiger partial charge < -0.3 is 34.2 Å². The molecule has 4 saturated carbocycles. The summed E-state index contributed by atoms with van der Waals surface area (Å²) in [6, 6.07) is 0. The molecule has 59 heavy (non-hydrogen) atoms. The molecule has 4 aliphatic carbocycles. The van der Waals surface area contributed by atoms with E-state index in [1.807, 2.05) is 0 Å². The normalized spacial score (nSPS) is 48.5. The topological polar surface area (TPSA) is 327 Å². The molecule has 0 aromatic carbocycles. The van der Waals surface area contributed by atoms with E-state index in [0.717, 1.165) is 77.0 Å².